The van der Waals surface area contributed by atoms with Gasteiger partial charge in [-0.1, -0.05) is 12.5 Å². The molecular formula is C17H27N3. The second kappa shape index (κ2) is 6.23. The molecule has 2 unspecified atom stereocenters. The van der Waals surface area contributed by atoms with Crippen molar-refractivity contribution in [3.05, 3.63) is 29.6 Å². The minimum absolute atomic E-state index is 0.512. The molecule has 2 fully saturated rings. The number of hydrogen-bond acceptors (Lipinski definition) is 3. The highest BCUT2D eigenvalue weighted by atomic mass is 15.2. The quantitative estimate of drug-likeness (QED) is 0.914. The maximum Gasteiger partial charge on any atom is 0.0579 e. The molecule has 1 N–H and O–H groups in total. The summed E-state index contributed by atoms with van der Waals surface area (Å²) in [6.07, 6.45) is 8.83. The molecule has 1 saturated heterocycles. The number of nitrogens with zero attached hydrogens (tertiary/aromatic N) is 2. The van der Waals surface area contributed by atoms with Crippen molar-refractivity contribution in [2.45, 2.75) is 51.1 Å². The van der Waals surface area contributed by atoms with E-state index in [4.69, 9.17) is 4.98 Å². The Morgan fingerprint density at radius 2 is 2.10 bits per heavy atom. The summed E-state index contributed by atoms with van der Waals surface area (Å²) in [5.41, 5.74) is 2.54. The van der Waals surface area contributed by atoms with Gasteiger partial charge in [-0.25, -0.2) is 0 Å². The van der Waals surface area contributed by atoms with Crippen molar-refractivity contribution in [1.82, 2.24) is 15.2 Å². The van der Waals surface area contributed by atoms with Gasteiger partial charge >= 0.3 is 0 Å². The second-order valence-corrected chi connectivity index (χ2v) is 6.49. The summed E-state index contributed by atoms with van der Waals surface area (Å²) in [6.45, 7) is 4.47. The van der Waals surface area contributed by atoms with Crippen LogP contribution in [0, 0.1) is 12.8 Å². The third kappa shape index (κ3) is 3.04. The predicted octanol–water partition coefficient (Wildman–Crippen LogP) is 2.92. The van der Waals surface area contributed by atoms with E-state index in [2.05, 4.69) is 36.3 Å². The molecule has 1 aromatic heterocycles. The lowest BCUT2D eigenvalue weighted by Gasteiger charge is -2.35. The second-order valence-electron chi connectivity index (χ2n) is 6.49. The molecule has 3 heteroatoms. The largest absolute Gasteiger partial charge is 0.319 e. The van der Waals surface area contributed by atoms with Crippen LogP contribution >= 0.6 is 0 Å². The minimum Gasteiger partial charge on any atom is -0.319 e. The van der Waals surface area contributed by atoms with Crippen LogP contribution in [0.4, 0.5) is 0 Å². The number of nitrogens with one attached hydrogen (secondary N) is 1. The molecule has 0 amide bonds. The van der Waals surface area contributed by atoms with Crippen molar-refractivity contribution >= 4 is 0 Å². The van der Waals surface area contributed by atoms with Crippen molar-refractivity contribution < 1.29 is 0 Å². The van der Waals surface area contributed by atoms with E-state index in [1.54, 1.807) is 0 Å². The lowest BCUT2D eigenvalue weighted by molar-refractivity contribution is 0.142. The van der Waals surface area contributed by atoms with E-state index >= 15 is 0 Å². The number of likely N-dealkylation sites (tertiary alicyclic amines) is 1. The first-order valence-corrected chi connectivity index (χ1v) is 8.12. The third-order valence-electron chi connectivity index (χ3n) is 4.76. The predicted molar refractivity (Wildman–Crippen MR) is 82.7 cm³/mol. The minimum atomic E-state index is 0.512. The van der Waals surface area contributed by atoms with Gasteiger partial charge in [0.25, 0.3) is 0 Å². The number of rotatable bonds is 4. The zero-order valence-corrected chi connectivity index (χ0v) is 12.8. The van der Waals surface area contributed by atoms with Crippen LogP contribution < -0.4 is 5.32 Å². The van der Waals surface area contributed by atoms with Crippen molar-refractivity contribution in [2.75, 3.05) is 20.1 Å². The van der Waals surface area contributed by atoms with E-state index in [-0.39, 0.29) is 0 Å². The average Bonchev–Trinajstić information content (AvgIpc) is 3.26. The summed E-state index contributed by atoms with van der Waals surface area (Å²) in [5.74, 6) is 0.693. The lowest BCUT2D eigenvalue weighted by Crippen LogP contribution is -2.38. The van der Waals surface area contributed by atoms with Crippen LogP contribution in [-0.2, 0) is 0 Å². The Balaban J connectivity index is 1.90. The monoisotopic (exact) mass is 273 g/mol. The Bertz CT molecular complexity index is 424. The molecule has 20 heavy (non-hydrogen) atoms. The molecule has 1 aliphatic carbocycles. The van der Waals surface area contributed by atoms with Gasteiger partial charge in [0, 0.05) is 12.2 Å². The van der Waals surface area contributed by atoms with Crippen LogP contribution in [0.2, 0.25) is 0 Å². The molecule has 2 aliphatic rings. The highest BCUT2D eigenvalue weighted by molar-refractivity contribution is 5.17. The molecule has 1 saturated carbocycles. The number of pyridine rings is 1. The van der Waals surface area contributed by atoms with E-state index in [1.165, 1.54) is 49.9 Å². The van der Waals surface area contributed by atoms with Crippen LogP contribution in [0.1, 0.15) is 49.4 Å². The highest BCUT2D eigenvalue weighted by Crippen LogP contribution is 2.41. The summed E-state index contributed by atoms with van der Waals surface area (Å²) in [4.78, 5) is 7.52. The Kier molecular flexibility index (Phi) is 4.37. The molecule has 1 aromatic rings. The lowest BCUT2D eigenvalue weighted by atomic mass is 9.91. The number of hydrogen-bond donors (Lipinski definition) is 1. The molecular weight excluding hydrogens is 246 g/mol. The maximum absolute atomic E-state index is 4.77. The van der Waals surface area contributed by atoms with Gasteiger partial charge in [-0.2, -0.15) is 0 Å². The van der Waals surface area contributed by atoms with Gasteiger partial charge < -0.3 is 5.32 Å². The summed E-state index contributed by atoms with van der Waals surface area (Å²) in [7, 11) is 2.08. The Morgan fingerprint density at radius 3 is 2.75 bits per heavy atom. The average molecular weight is 273 g/mol. The molecule has 3 nitrogen and oxygen atoms in total. The summed E-state index contributed by atoms with van der Waals surface area (Å²) < 4.78 is 0. The normalized spacial score (nSPS) is 28.3. The van der Waals surface area contributed by atoms with E-state index in [0.29, 0.717) is 12.0 Å². The molecule has 1 aliphatic heterocycles. The fraction of sp³-hybridized carbons (Fsp3) is 0.706. The van der Waals surface area contributed by atoms with Crippen LogP contribution in [0.5, 0.6) is 0 Å². The number of aromatic nitrogens is 1. The molecule has 110 valence electrons. The number of aryl methyl sites for hydroxylation is 1. The first-order chi connectivity index (χ1) is 9.79. The first kappa shape index (κ1) is 14.0. The Labute approximate surface area is 122 Å². The third-order valence-corrected chi connectivity index (χ3v) is 4.76. The van der Waals surface area contributed by atoms with E-state index in [9.17, 15) is 0 Å². The Morgan fingerprint density at radius 1 is 1.25 bits per heavy atom. The van der Waals surface area contributed by atoms with Gasteiger partial charge in [0.2, 0.25) is 0 Å². The van der Waals surface area contributed by atoms with E-state index < -0.39 is 0 Å². The van der Waals surface area contributed by atoms with Gasteiger partial charge in [0.1, 0.15) is 0 Å². The van der Waals surface area contributed by atoms with Crippen LogP contribution in [0.25, 0.3) is 0 Å². The molecule has 3 rings (SSSR count). The van der Waals surface area contributed by atoms with E-state index in [0.717, 1.165) is 12.6 Å². The van der Waals surface area contributed by atoms with Gasteiger partial charge in [0.15, 0.2) is 0 Å². The summed E-state index contributed by atoms with van der Waals surface area (Å²) >= 11 is 0. The van der Waals surface area contributed by atoms with Crippen molar-refractivity contribution in [3.8, 4) is 0 Å². The maximum atomic E-state index is 4.77. The first-order valence-electron chi connectivity index (χ1n) is 8.12. The summed E-state index contributed by atoms with van der Waals surface area (Å²) in [6, 6.07) is 5.80. The zero-order valence-electron chi connectivity index (χ0n) is 12.8. The molecule has 0 radical (unpaired) electrons. The van der Waals surface area contributed by atoms with Gasteiger partial charge in [-0.15, -0.1) is 0 Å². The van der Waals surface area contributed by atoms with E-state index in [1.807, 2.05) is 6.20 Å². The van der Waals surface area contributed by atoms with Crippen LogP contribution in [0.15, 0.2) is 18.3 Å². The smallest absolute Gasteiger partial charge is 0.0579 e. The zero-order chi connectivity index (χ0) is 13.9. The van der Waals surface area contributed by atoms with Crippen molar-refractivity contribution in [3.63, 3.8) is 0 Å². The fourth-order valence-electron chi connectivity index (χ4n) is 3.63. The Hall–Kier alpha value is -0.930. The van der Waals surface area contributed by atoms with Gasteiger partial charge in [-0.05, 0) is 70.3 Å². The fourth-order valence-corrected chi connectivity index (χ4v) is 3.63. The van der Waals surface area contributed by atoms with Crippen LogP contribution in [0.3, 0.4) is 0 Å². The van der Waals surface area contributed by atoms with Gasteiger partial charge in [-0.3, -0.25) is 9.88 Å². The van der Waals surface area contributed by atoms with Crippen molar-refractivity contribution in [1.29, 1.82) is 0 Å². The topological polar surface area (TPSA) is 28.2 Å². The standard InChI is InChI=1S/C17H27N3/c1-13-6-9-16(19-11-13)17-14(12-18-2)5-3-4-10-20(17)15-7-8-15/h6,9,11,14-15,17-18H,3-5,7-8,10,12H2,1-2H3. The van der Waals surface area contributed by atoms with Gasteiger partial charge in [0.05, 0.1) is 11.7 Å². The van der Waals surface area contributed by atoms with Crippen molar-refractivity contribution in [2.24, 2.45) is 5.92 Å². The molecule has 0 spiro atoms. The molecule has 2 heterocycles. The molecule has 0 aromatic carbocycles. The van der Waals surface area contributed by atoms with Crippen LogP contribution in [-0.4, -0.2) is 36.1 Å². The SMILES string of the molecule is CNCC1CCCCN(C2CC2)C1c1ccc(C)cn1. The molecule has 2 atom stereocenters. The molecule has 0 bridgehead atoms. The highest BCUT2D eigenvalue weighted by Gasteiger charge is 2.39. The summed E-state index contributed by atoms with van der Waals surface area (Å²) in [5, 5.41) is 3.40.